The number of thiocarbonyl (C=S) groups is 1. The third kappa shape index (κ3) is 10.1. The predicted octanol–water partition coefficient (Wildman–Crippen LogP) is 4.52. The van der Waals surface area contributed by atoms with E-state index in [-0.39, 0.29) is 0 Å². The third-order valence-corrected chi connectivity index (χ3v) is 2.34. The van der Waals surface area contributed by atoms with Gasteiger partial charge < -0.3 is 0 Å². The van der Waals surface area contributed by atoms with Crippen LogP contribution in [-0.4, -0.2) is 4.86 Å². The first-order valence-electron chi connectivity index (χ1n) is 5.26. The maximum atomic E-state index is 5.02. The Kier molecular flexibility index (Phi) is 9.25. The minimum Gasteiger partial charge on any atom is -0.0900 e. The van der Waals surface area contributed by atoms with Gasteiger partial charge in [-0.25, -0.2) is 0 Å². The molecule has 72 valence electrons. The summed E-state index contributed by atoms with van der Waals surface area (Å²) in [4.78, 5) is 1.17. The number of unbranched alkanes of at least 4 members (excludes halogenated alkanes) is 6. The van der Waals surface area contributed by atoms with Crippen molar-refractivity contribution >= 4 is 17.1 Å². The zero-order valence-corrected chi connectivity index (χ0v) is 9.38. The average Bonchev–Trinajstić information content (AvgIpc) is 2.02. The van der Waals surface area contributed by atoms with Crippen LogP contribution in [0.15, 0.2) is 0 Å². The van der Waals surface area contributed by atoms with Gasteiger partial charge >= 0.3 is 0 Å². The van der Waals surface area contributed by atoms with Crippen LogP contribution in [0.5, 0.6) is 0 Å². The van der Waals surface area contributed by atoms with Gasteiger partial charge in [0.2, 0.25) is 0 Å². The second-order valence-electron chi connectivity index (χ2n) is 3.57. The lowest BCUT2D eigenvalue weighted by Gasteiger charge is -1.99. The van der Waals surface area contributed by atoms with Crippen molar-refractivity contribution in [3.05, 3.63) is 0 Å². The van der Waals surface area contributed by atoms with Crippen LogP contribution in [0.2, 0.25) is 0 Å². The van der Waals surface area contributed by atoms with Crippen LogP contribution in [0.3, 0.4) is 0 Å². The normalized spacial score (nSPS) is 10.2. The molecule has 1 heteroatoms. The van der Waals surface area contributed by atoms with Gasteiger partial charge in [-0.05, 0) is 24.6 Å². The topological polar surface area (TPSA) is 0 Å². The van der Waals surface area contributed by atoms with Crippen LogP contribution in [-0.2, 0) is 0 Å². The molecule has 0 aliphatic heterocycles. The van der Waals surface area contributed by atoms with Gasteiger partial charge in [0.1, 0.15) is 0 Å². The van der Waals surface area contributed by atoms with Crippen LogP contribution in [0.25, 0.3) is 0 Å². The summed E-state index contributed by atoms with van der Waals surface area (Å²) >= 11 is 5.02. The van der Waals surface area contributed by atoms with Gasteiger partial charge in [0.25, 0.3) is 0 Å². The fraction of sp³-hybridized carbons (Fsp3) is 0.909. The van der Waals surface area contributed by atoms with E-state index in [1.54, 1.807) is 0 Å². The highest BCUT2D eigenvalue weighted by Crippen LogP contribution is 2.08. The van der Waals surface area contributed by atoms with E-state index in [0.717, 1.165) is 6.42 Å². The fourth-order valence-electron chi connectivity index (χ4n) is 1.33. The van der Waals surface area contributed by atoms with Gasteiger partial charge in [-0.15, -0.1) is 0 Å². The lowest BCUT2D eigenvalue weighted by molar-refractivity contribution is 0.595. The Morgan fingerprint density at radius 1 is 0.917 bits per heavy atom. The van der Waals surface area contributed by atoms with Gasteiger partial charge in [-0.1, -0.05) is 57.7 Å². The summed E-state index contributed by atoms with van der Waals surface area (Å²) in [5, 5.41) is 0. The summed E-state index contributed by atoms with van der Waals surface area (Å²) in [7, 11) is 0. The van der Waals surface area contributed by atoms with Crippen LogP contribution in [0.1, 0.15) is 65.2 Å². The molecule has 0 aromatic heterocycles. The second kappa shape index (κ2) is 9.18. The molecular formula is C11H22S. The van der Waals surface area contributed by atoms with Crippen molar-refractivity contribution in [1.82, 2.24) is 0 Å². The van der Waals surface area contributed by atoms with E-state index in [4.69, 9.17) is 12.2 Å². The van der Waals surface area contributed by atoms with Crippen molar-refractivity contribution in [1.29, 1.82) is 0 Å². The summed E-state index contributed by atoms with van der Waals surface area (Å²) in [6, 6.07) is 0. The molecule has 0 spiro atoms. The van der Waals surface area contributed by atoms with E-state index in [1.807, 2.05) is 6.92 Å². The minimum absolute atomic E-state index is 1.16. The smallest absolute Gasteiger partial charge is 0.0102 e. The van der Waals surface area contributed by atoms with Crippen molar-refractivity contribution in [2.45, 2.75) is 65.2 Å². The molecular weight excluding hydrogens is 164 g/mol. The van der Waals surface area contributed by atoms with Crippen LogP contribution in [0.4, 0.5) is 0 Å². The molecule has 0 unspecified atom stereocenters. The zero-order valence-electron chi connectivity index (χ0n) is 8.57. The lowest BCUT2D eigenvalue weighted by Crippen LogP contribution is -1.86. The molecule has 0 rings (SSSR count). The Balaban J connectivity index is 2.86. The molecule has 0 radical (unpaired) electrons. The Labute approximate surface area is 82.7 Å². The van der Waals surface area contributed by atoms with Crippen molar-refractivity contribution in [3.8, 4) is 0 Å². The van der Waals surface area contributed by atoms with Crippen molar-refractivity contribution in [2.75, 3.05) is 0 Å². The van der Waals surface area contributed by atoms with Crippen LogP contribution in [0, 0.1) is 0 Å². The molecule has 0 nitrogen and oxygen atoms in total. The first kappa shape index (κ1) is 12.1. The largest absolute Gasteiger partial charge is 0.0900 e. The Morgan fingerprint density at radius 2 is 1.42 bits per heavy atom. The summed E-state index contributed by atoms with van der Waals surface area (Å²) in [6.45, 7) is 4.31. The van der Waals surface area contributed by atoms with Crippen molar-refractivity contribution in [3.63, 3.8) is 0 Å². The first-order chi connectivity index (χ1) is 5.77. The van der Waals surface area contributed by atoms with Gasteiger partial charge in [0.05, 0.1) is 0 Å². The highest BCUT2D eigenvalue weighted by Gasteiger charge is 1.91. The molecule has 0 aromatic carbocycles. The maximum Gasteiger partial charge on any atom is -0.0102 e. The summed E-state index contributed by atoms with van der Waals surface area (Å²) in [5.41, 5.74) is 0. The molecule has 0 heterocycles. The molecule has 0 amide bonds. The summed E-state index contributed by atoms with van der Waals surface area (Å²) in [6.07, 6.45) is 10.8. The van der Waals surface area contributed by atoms with Crippen LogP contribution < -0.4 is 0 Å². The van der Waals surface area contributed by atoms with E-state index in [2.05, 4.69) is 6.92 Å². The number of rotatable bonds is 8. The standard InChI is InChI=1S/C11H22S/c1-3-4-5-6-7-8-9-10-11(2)12/h3-10H2,1-2H3. The van der Waals surface area contributed by atoms with Gasteiger partial charge in [0, 0.05) is 0 Å². The lowest BCUT2D eigenvalue weighted by atomic mass is 10.1. The van der Waals surface area contributed by atoms with Crippen LogP contribution >= 0.6 is 12.2 Å². The molecule has 0 N–H and O–H groups in total. The quantitative estimate of drug-likeness (QED) is 0.397. The van der Waals surface area contributed by atoms with E-state index in [0.29, 0.717) is 0 Å². The predicted molar refractivity (Wildman–Crippen MR) is 60.9 cm³/mol. The minimum atomic E-state index is 1.16. The van der Waals surface area contributed by atoms with E-state index in [1.165, 1.54) is 49.8 Å². The average molecular weight is 186 g/mol. The molecule has 0 fully saturated rings. The molecule has 0 bridgehead atoms. The SMILES string of the molecule is CCCCCCCCCC(C)=S. The molecule has 0 atom stereocenters. The molecule has 12 heavy (non-hydrogen) atoms. The van der Waals surface area contributed by atoms with E-state index >= 15 is 0 Å². The van der Waals surface area contributed by atoms with Gasteiger partial charge in [-0.2, -0.15) is 0 Å². The molecule has 0 saturated heterocycles. The van der Waals surface area contributed by atoms with E-state index < -0.39 is 0 Å². The van der Waals surface area contributed by atoms with E-state index in [9.17, 15) is 0 Å². The monoisotopic (exact) mass is 186 g/mol. The fourth-order valence-corrected chi connectivity index (χ4v) is 1.48. The van der Waals surface area contributed by atoms with Crippen molar-refractivity contribution in [2.24, 2.45) is 0 Å². The highest BCUT2D eigenvalue weighted by molar-refractivity contribution is 7.80. The third-order valence-electron chi connectivity index (χ3n) is 2.13. The highest BCUT2D eigenvalue weighted by atomic mass is 32.1. The number of hydrogen-bond acceptors (Lipinski definition) is 1. The Hall–Kier alpha value is 0.0900. The summed E-state index contributed by atoms with van der Waals surface area (Å²) < 4.78 is 0. The Bertz CT molecular complexity index is 108. The molecule has 0 saturated carbocycles. The molecule has 0 aliphatic carbocycles. The molecule has 0 aliphatic rings. The molecule has 0 aromatic rings. The zero-order chi connectivity index (χ0) is 9.23. The van der Waals surface area contributed by atoms with Gasteiger partial charge in [0.15, 0.2) is 0 Å². The number of hydrogen-bond donors (Lipinski definition) is 0. The summed E-state index contributed by atoms with van der Waals surface area (Å²) in [5.74, 6) is 0. The second-order valence-corrected chi connectivity index (χ2v) is 4.27. The Morgan fingerprint density at radius 3 is 1.92 bits per heavy atom. The maximum absolute atomic E-state index is 5.02. The van der Waals surface area contributed by atoms with Crippen molar-refractivity contribution < 1.29 is 0 Å². The first-order valence-corrected chi connectivity index (χ1v) is 5.67. The van der Waals surface area contributed by atoms with Gasteiger partial charge in [-0.3, -0.25) is 0 Å².